The fraction of sp³-hybridized carbons (Fsp3) is 0.261. The third kappa shape index (κ3) is 4.27. The zero-order valence-electron chi connectivity index (χ0n) is 16.5. The van der Waals surface area contributed by atoms with E-state index >= 15 is 0 Å². The Hall–Kier alpha value is -3.03. The molecule has 1 aliphatic rings. The Morgan fingerprint density at radius 3 is 2.60 bits per heavy atom. The molecule has 0 spiro atoms. The lowest BCUT2D eigenvalue weighted by Gasteiger charge is -2.26. The highest BCUT2D eigenvalue weighted by molar-refractivity contribution is 7.22. The number of nitrogens with zero attached hydrogens (tertiary/aromatic N) is 3. The number of aromatic nitrogens is 3. The summed E-state index contributed by atoms with van der Waals surface area (Å²) in [5, 5.41) is 17.3. The number of fused-ring (bicyclic) bond motifs is 1. The molecular weight excluding hydrogens is 394 g/mol. The number of thiazole rings is 1. The van der Waals surface area contributed by atoms with E-state index in [1.165, 1.54) is 0 Å². The molecule has 3 aromatic heterocycles. The predicted octanol–water partition coefficient (Wildman–Crippen LogP) is 5.21. The molecule has 4 aromatic rings. The number of aliphatic hydroxyl groups excluding tert-OH is 1. The maximum atomic E-state index is 9.68. The fourth-order valence-electron chi connectivity index (χ4n) is 3.79. The minimum Gasteiger partial charge on any atom is -0.393 e. The van der Waals surface area contributed by atoms with Crippen molar-refractivity contribution in [3.05, 3.63) is 60.8 Å². The van der Waals surface area contributed by atoms with Crippen molar-refractivity contribution >= 4 is 38.3 Å². The number of hydrogen-bond donors (Lipinski definition) is 3. The minimum atomic E-state index is -0.152. The molecule has 0 aliphatic heterocycles. The summed E-state index contributed by atoms with van der Waals surface area (Å²) in [4.78, 5) is 13.8. The summed E-state index contributed by atoms with van der Waals surface area (Å²) in [6.07, 6.45) is 5.29. The standard InChI is InChI=1S/C23H23N5OS/c29-17-10-8-16(9-11-17)25-21-5-3-6-22(27-21)28-23-26-19-12-7-15(14-20(19)30-23)18-4-1-2-13-24-18/h1-7,12-14,16-17,29H,8-11H2,(H2,25,26,27,28)/t16-,17-. The summed E-state index contributed by atoms with van der Waals surface area (Å²) >= 11 is 1.60. The van der Waals surface area contributed by atoms with Gasteiger partial charge in [-0.2, -0.15) is 0 Å². The van der Waals surface area contributed by atoms with Crippen molar-refractivity contribution in [3.8, 4) is 11.3 Å². The average molecular weight is 418 g/mol. The molecule has 1 saturated carbocycles. The van der Waals surface area contributed by atoms with Gasteiger partial charge in [0, 0.05) is 17.8 Å². The van der Waals surface area contributed by atoms with Gasteiger partial charge in [-0.1, -0.05) is 29.5 Å². The molecule has 0 saturated heterocycles. The summed E-state index contributed by atoms with van der Waals surface area (Å²) in [6, 6.07) is 18.4. The number of anilines is 3. The van der Waals surface area contributed by atoms with E-state index in [4.69, 9.17) is 4.98 Å². The van der Waals surface area contributed by atoms with Crippen molar-refractivity contribution in [1.82, 2.24) is 15.0 Å². The summed E-state index contributed by atoms with van der Waals surface area (Å²) in [6.45, 7) is 0. The van der Waals surface area contributed by atoms with Gasteiger partial charge in [-0.15, -0.1) is 0 Å². The second kappa shape index (κ2) is 8.38. The lowest BCUT2D eigenvalue weighted by atomic mass is 9.93. The normalized spacial score (nSPS) is 19.0. The number of benzene rings is 1. The molecule has 0 amide bonds. The highest BCUT2D eigenvalue weighted by atomic mass is 32.1. The Morgan fingerprint density at radius 1 is 0.900 bits per heavy atom. The smallest absolute Gasteiger partial charge is 0.189 e. The minimum absolute atomic E-state index is 0.152. The quantitative estimate of drug-likeness (QED) is 0.413. The molecule has 6 nitrogen and oxygen atoms in total. The third-order valence-corrected chi connectivity index (χ3v) is 6.32. The highest BCUT2D eigenvalue weighted by Crippen LogP contribution is 2.31. The van der Waals surface area contributed by atoms with Crippen LogP contribution in [0.3, 0.4) is 0 Å². The van der Waals surface area contributed by atoms with Crippen molar-refractivity contribution in [2.75, 3.05) is 10.6 Å². The van der Waals surface area contributed by atoms with Crippen LogP contribution in [0.4, 0.5) is 16.8 Å². The van der Waals surface area contributed by atoms with Crippen LogP contribution in [0.1, 0.15) is 25.7 Å². The van der Waals surface area contributed by atoms with Crippen LogP contribution in [-0.4, -0.2) is 32.2 Å². The Labute approximate surface area is 179 Å². The third-order valence-electron chi connectivity index (χ3n) is 5.38. The Bertz CT molecular complexity index is 1140. The van der Waals surface area contributed by atoms with E-state index < -0.39 is 0 Å². The molecule has 1 aromatic carbocycles. The summed E-state index contributed by atoms with van der Waals surface area (Å²) < 4.78 is 1.11. The van der Waals surface area contributed by atoms with Crippen LogP contribution in [0.15, 0.2) is 60.8 Å². The summed E-state index contributed by atoms with van der Waals surface area (Å²) in [7, 11) is 0. The first kappa shape index (κ1) is 19.0. The largest absolute Gasteiger partial charge is 0.393 e. The second-order valence-electron chi connectivity index (χ2n) is 7.60. The predicted molar refractivity (Wildman–Crippen MR) is 122 cm³/mol. The van der Waals surface area contributed by atoms with Crippen molar-refractivity contribution in [2.45, 2.75) is 37.8 Å². The number of pyridine rings is 2. The monoisotopic (exact) mass is 417 g/mol. The topological polar surface area (TPSA) is 83.0 Å². The zero-order chi connectivity index (χ0) is 20.3. The Balaban J connectivity index is 1.32. The van der Waals surface area contributed by atoms with Gasteiger partial charge in [0.1, 0.15) is 11.6 Å². The maximum Gasteiger partial charge on any atom is 0.189 e. The van der Waals surface area contributed by atoms with Gasteiger partial charge in [0.2, 0.25) is 0 Å². The van der Waals surface area contributed by atoms with Gasteiger partial charge in [0.15, 0.2) is 5.13 Å². The summed E-state index contributed by atoms with van der Waals surface area (Å²) in [5.41, 5.74) is 3.00. The zero-order valence-corrected chi connectivity index (χ0v) is 17.3. The van der Waals surface area contributed by atoms with Gasteiger partial charge in [-0.25, -0.2) is 9.97 Å². The van der Waals surface area contributed by atoms with E-state index in [-0.39, 0.29) is 6.10 Å². The van der Waals surface area contributed by atoms with Crippen LogP contribution < -0.4 is 10.6 Å². The van der Waals surface area contributed by atoms with Crippen LogP contribution in [0, 0.1) is 0 Å². The van der Waals surface area contributed by atoms with Crippen molar-refractivity contribution in [2.24, 2.45) is 0 Å². The number of rotatable bonds is 5. The molecular formula is C23H23N5OS. The van der Waals surface area contributed by atoms with Crippen molar-refractivity contribution < 1.29 is 5.11 Å². The van der Waals surface area contributed by atoms with Crippen LogP contribution >= 0.6 is 11.3 Å². The van der Waals surface area contributed by atoms with Crippen molar-refractivity contribution in [3.63, 3.8) is 0 Å². The van der Waals surface area contributed by atoms with E-state index in [0.29, 0.717) is 6.04 Å². The van der Waals surface area contributed by atoms with Gasteiger partial charge in [-0.05, 0) is 62.1 Å². The number of hydrogen-bond acceptors (Lipinski definition) is 7. The number of aliphatic hydroxyl groups is 1. The molecule has 0 radical (unpaired) electrons. The van der Waals surface area contributed by atoms with E-state index in [1.807, 2.05) is 42.5 Å². The molecule has 5 rings (SSSR count). The SMILES string of the molecule is O[C@H]1CC[C@H](Nc2cccc(Nc3nc4ccc(-c5ccccn5)cc4s3)n2)CC1. The molecule has 7 heteroatoms. The molecule has 1 aliphatic carbocycles. The van der Waals surface area contributed by atoms with Gasteiger partial charge in [-0.3, -0.25) is 4.98 Å². The van der Waals surface area contributed by atoms with E-state index in [2.05, 4.69) is 32.7 Å². The van der Waals surface area contributed by atoms with Gasteiger partial charge in [0.05, 0.1) is 22.0 Å². The molecule has 1 fully saturated rings. The summed E-state index contributed by atoms with van der Waals surface area (Å²) in [5.74, 6) is 1.61. The molecule has 3 heterocycles. The van der Waals surface area contributed by atoms with Crippen LogP contribution in [0.5, 0.6) is 0 Å². The molecule has 3 N–H and O–H groups in total. The molecule has 0 bridgehead atoms. The fourth-order valence-corrected chi connectivity index (χ4v) is 4.71. The highest BCUT2D eigenvalue weighted by Gasteiger charge is 2.19. The average Bonchev–Trinajstić information content (AvgIpc) is 3.17. The first-order valence-electron chi connectivity index (χ1n) is 10.2. The first-order valence-corrected chi connectivity index (χ1v) is 11.1. The molecule has 30 heavy (non-hydrogen) atoms. The van der Waals surface area contributed by atoms with Gasteiger partial charge in [0.25, 0.3) is 0 Å². The van der Waals surface area contributed by atoms with Crippen LogP contribution in [0.25, 0.3) is 21.5 Å². The van der Waals surface area contributed by atoms with Gasteiger partial charge >= 0.3 is 0 Å². The van der Waals surface area contributed by atoms with Crippen LogP contribution in [-0.2, 0) is 0 Å². The molecule has 0 unspecified atom stereocenters. The lowest BCUT2D eigenvalue weighted by molar-refractivity contribution is 0.126. The van der Waals surface area contributed by atoms with E-state index in [0.717, 1.165) is 63.9 Å². The molecule has 152 valence electrons. The number of nitrogens with one attached hydrogen (secondary N) is 2. The van der Waals surface area contributed by atoms with Crippen molar-refractivity contribution in [1.29, 1.82) is 0 Å². The van der Waals surface area contributed by atoms with E-state index in [1.54, 1.807) is 17.5 Å². The second-order valence-corrected chi connectivity index (χ2v) is 8.63. The molecule has 0 atom stereocenters. The van der Waals surface area contributed by atoms with E-state index in [9.17, 15) is 5.11 Å². The lowest BCUT2D eigenvalue weighted by Crippen LogP contribution is -2.28. The Morgan fingerprint density at radius 2 is 1.77 bits per heavy atom. The Kier molecular flexibility index (Phi) is 5.29. The maximum absolute atomic E-state index is 9.68. The first-order chi connectivity index (χ1) is 14.7. The van der Waals surface area contributed by atoms with Gasteiger partial charge < -0.3 is 15.7 Å². The van der Waals surface area contributed by atoms with Crippen LogP contribution in [0.2, 0.25) is 0 Å².